The SMILES string of the molecule is CC(C)CNC(=O)NC(=O)COC(=O)c1ccc(Cl)c(S(=O)(=O)N2CC(C)OC(C)C2)c1. The zero-order valence-corrected chi connectivity index (χ0v) is 20.0. The number of imide groups is 1. The molecule has 2 rings (SSSR count). The number of carbonyl (C=O) groups excluding carboxylic acids is 3. The average Bonchev–Trinajstić information content (AvgIpc) is 2.70. The first-order valence-corrected chi connectivity index (χ1v) is 11.9. The van der Waals surface area contributed by atoms with Crippen LogP contribution in [-0.4, -0.2) is 69.1 Å². The third-order valence-corrected chi connectivity index (χ3v) is 6.74. The van der Waals surface area contributed by atoms with E-state index in [0.717, 1.165) is 6.07 Å². The Morgan fingerprint density at radius 3 is 2.44 bits per heavy atom. The Hall–Kier alpha value is -2.21. The number of nitrogens with one attached hydrogen (secondary N) is 2. The van der Waals surface area contributed by atoms with E-state index in [1.165, 1.54) is 16.4 Å². The predicted octanol–water partition coefficient (Wildman–Crippen LogP) is 1.78. The molecule has 3 amide bonds. The number of nitrogens with zero attached hydrogens (tertiary/aromatic N) is 1. The zero-order chi connectivity index (χ0) is 24.1. The second-order valence-electron chi connectivity index (χ2n) is 7.95. The van der Waals surface area contributed by atoms with Gasteiger partial charge in [-0.25, -0.2) is 18.0 Å². The van der Waals surface area contributed by atoms with Crippen LogP contribution in [0.15, 0.2) is 23.1 Å². The number of hydrogen-bond acceptors (Lipinski definition) is 7. The highest BCUT2D eigenvalue weighted by molar-refractivity contribution is 7.89. The lowest BCUT2D eigenvalue weighted by Crippen LogP contribution is -2.48. The van der Waals surface area contributed by atoms with E-state index in [1.54, 1.807) is 13.8 Å². The van der Waals surface area contributed by atoms with Crippen LogP contribution in [0, 0.1) is 5.92 Å². The molecule has 1 fully saturated rings. The highest BCUT2D eigenvalue weighted by Gasteiger charge is 2.34. The molecule has 2 unspecified atom stereocenters. The summed E-state index contributed by atoms with van der Waals surface area (Å²) in [5, 5.41) is 4.48. The van der Waals surface area contributed by atoms with E-state index < -0.39 is 34.5 Å². The lowest BCUT2D eigenvalue weighted by Gasteiger charge is -2.34. The van der Waals surface area contributed by atoms with Gasteiger partial charge in [-0.3, -0.25) is 10.1 Å². The summed E-state index contributed by atoms with van der Waals surface area (Å²) in [5.41, 5.74) is -0.0978. The Balaban J connectivity index is 2.06. The summed E-state index contributed by atoms with van der Waals surface area (Å²) < 4.78 is 37.9. The Kier molecular flexibility index (Phi) is 9.02. The van der Waals surface area contributed by atoms with E-state index in [-0.39, 0.29) is 46.7 Å². The minimum atomic E-state index is -3.99. The molecule has 1 aromatic carbocycles. The monoisotopic (exact) mass is 489 g/mol. The zero-order valence-electron chi connectivity index (χ0n) is 18.4. The summed E-state index contributed by atoms with van der Waals surface area (Å²) in [4.78, 5) is 35.5. The number of rotatable bonds is 7. The second kappa shape index (κ2) is 11.1. The van der Waals surface area contributed by atoms with Crippen LogP contribution >= 0.6 is 11.6 Å². The van der Waals surface area contributed by atoms with Gasteiger partial charge in [-0.05, 0) is 38.0 Å². The molecule has 0 saturated carbocycles. The highest BCUT2D eigenvalue weighted by Crippen LogP contribution is 2.28. The van der Waals surface area contributed by atoms with Crippen molar-refractivity contribution in [2.24, 2.45) is 5.92 Å². The van der Waals surface area contributed by atoms with Gasteiger partial charge < -0.3 is 14.8 Å². The molecular formula is C20H28ClN3O7S. The van der Waals surface area contributed by atoms with Crippen LogP contribution in [0.4, 0.5) is 4.79 Å². The van der Waals surface area contributed by atoms with Crippen LogP contribution in [0.2, 0.25) is 5.02 Å². The number of halogens is 1. The number of sulfonamides is 1. The van der Waals surface area contributed by atoms with Crippen molar-refractivity contribution < 1.29 is 32.3 Å². The maximum absolute atomic E-state index is 13.1. The fraction of sp³-hybridized carbons (Fsp3) is 0.550. The first-order chi connectivity index (χ1) is 14.9. The van der Waals surface area contributed by atoms with E-state index in [9.17, 15) is 22.8 Å². The van der Waals surface area contributed by atoms with Crippen molar-refractivity contribution in [1.29, 1.82) is 0 Å². The fourth-order valence-electron chi connectivity index (χ4n) is 3.01. The molecule has 1 aliphatic heterocycles. The van der Waals surface area contributed by atoms with Crippen LogP contribution in [-0.2, 0) is 24.3 Å². The summed E-state index contributed by atoms with van der Waals surface area (Å²) in [6.07, 6.45) is -0.589. The predicted molar refractivity (Wildman–Crippen MR) is 117 cm³/mol. The standard InChI is InChI=1S/C20H28ClN3O7S/c1-12(2)8-22-20(27)23-18(25)11-30-19(26)15-5-6-16(21)17(7-15)32(28,29)24-9-13(3)31-14(4)10-24/h5-7,12-14H,8-11H2,1-4H3,(H2,22,23,25,27). The van der Waals surface area contributed by atoms with Crippen molar-refractivity contribution >= 4 is 39.5 Å². The smallest absolute Gasteiger partial charge is 0.338 e. The number of amides is 3. The van der Waals surface area contributed by atoms with Crippen LogP contribution in [0.5, 0.6) is 0 Å². The van der Waals surface area contributed by atoms with Gasteiger partial charge in [0.05, 0.1) is 22.8 Å². The first kappa shape index (κ1) is 26.0. The Bertz CT molecular complexity index is 958. The summed E-state index contributed by atoms with van der Waals surface area (Å²) >= 11 is 6.12. The Morgan fingerprint density at radius 2 is 1.84 bits per heavy atom. The lowest BCUT2D eigenvalue weighted by molar-refractivity contribution is -0.123. The van der Waals surface area contributed by atoms with Gasteiger partial charge in [0.2, 0.25) is 10.0 Å². The lowest BCUT2D eigenvalue weighted by atomic mass is 10.2. The molecule has 32 heavy (non-hydrogen) atoms. The van der Waals surface area contributed by atoms with Crippen LogP contribution in [0.25, 0.3) is 0 Å². The largest absolute Gasteiger partial charge is 0.452 e. The molecule has 0 spiro atoms. The van der Waals surface area contributed by atoms with Gasteiger partial charge in [0.15, 0.2) is 6.61 Å². The molecular weight excluding hydrogens is 462 g/mol. The molecule has 0 aromatic heterocycles. The van der Waals surface area contributed by atoms with E-state index in [0.29, 0.717) is 6.54 Å². The van der Waals surface area contributed by atoms with E-state index >= 15 is 0 Å². The van der Waals surface area contributed by atoms with Crippen molar-refractivity contribution in [1.82, 2.24) is 14.9 Å². The van der Waals surface area contributed by atoms with Crippen molar-refractivity contribution in [3.8, 4) is 0 Å². The topological polar surface area (TPSA) is 131 Å². The van der Waals surface area contributed by atoms with Crippen molar-refractivity contribution in [2.75, 3.05) is 26.2 Å². The number of carbonyl (C=O) groups is 3. The first-order valence-electron chi connectivity index (χ1n) is 10.1. The van der Waals surface area contributed by atoms with Crippen LogP contribution in [0.1, 0.15) is 38.1 Å². The van der Waals surface area contributed by atoms with E-state index in [2.05, 4.69) is 5.32 Å². The van der Waals surface area contributed by atoms with Gasteiger partial charge in [-0.15, -0.1) is 0 Å². The number of ether oxygens (including phenoxy) is 2. The summed E-state index contributed by atoms with van der Waals surface area (Å²) in [6, 6.07) is 2.98. The van der Waals surface area contributed by atoms with Crippen molar-refractivity contribution in [3.05, 3.63) is 28.8 Å². The molecule has 0 radical (unpaired) electrons. The fourth-order valence-corrected chi connectivity index (χ4v) is 5.10. The molecule has 1 aromatic rings. The van der Waals surface area contributed by atoms with E-state index in [4.69, 9.17) is 21.1 Å². The molecule has 1 aliphatic rings. The molecule has 0 bridgehead atoms. The molecule has 0 aliphatic carbocycles. The van der Waals surface area contributed by atoms with Gasteiger partial charge in [-0.2, -0.15) is 4.31 Å². The van der Waals surface area contributed by atoms with Gasteiger partial charge in [-0.1, -0.05) is 25.4 Å². The van der Waals surface area contributed by atoms with Crippen LogP contribution in [0.3, 0.4) is 0 Å². The molecule has 2 atom stereocenters. The Morgan fingerprint density at radius 1 is 1.22 bits per heavy atom. The number of esters is 1. The van der Waals surface area contributed by atoms with Gasteiger partial charge in [0.25, 0.3) is 5.91 Å². The van der Waals surface area contributed by atoms with Gasteiger partial charge in [0, 0.05) is 19.6 Å². The molecule has 12 heteroatoms. The maximum Gasteiger partial charge on any atom is 0.338 e. The molecule has 1 saturated heterocycles. The molecule has 178 valence electrons. The van der Waals surface area contributed by atoms with E-state index in [1.807, 2.05) is 19.2 Å². The number of benzene rings is 1. The highest BCUT2D eigenvalue weighted by atomic mass is 35.5. The minimum Gasteiger partial charge on any atom is -0.452 e. The average molecular weight is 490 g/mol. The normalized spacial score (nSPS) is 19.4. The third-order valence-electron chi connectivity index (χ3n) is 4.43. The number of urea groups is 1. The third kappa shape index (κ3) is 7.16. The summed E-state index contributed by atoms with van der Waals surface area (Å²) in [7, 11) is -3.99. The summed E-state index contributed by atoms with van der Waals surface area (Å²) in [6.45, 7) is 7.28. The quantitative estimate of drug-likeness (QED) is 0.558. The van der Waals surface area contributed by atoms with Crippen molar-refractivity contribution in [2.45, 2.75) is 44.8 Å². The summed E-state index contributed by atoms with van der Waals surface area (Å²) in [5.74, 6) is -1.55. The number of morpholine rings is 1. The molecule has 1 heterocycles. The van der Waals surface area contributed by atoms with Crippen LogP contribution < -0.4 is 10.6 Å². The minimum absolute atomic E-state index is 0.0482. The van der Waals surface area contributed by atoms with Crippen molar-refractivity contribution in [3.63, 3.8) is 0 Å². The molecule has 2 N–H and O–H groups in total. The molecule has 10 nitrogen and oxygen atoms in total. The van der Waals surface area contributed by atoms with Gasteiger partial charge in [0.1, 0.15) is 4.90 Å². The second-order valence-corrected chi connectivity index (χ2v) is 10.3. The maximum atomic E-state index is 13.1. The Labute approximate surface area is 192 Å². The van der Waals surface area contributed by atoms with Gasteiger partial charge >= 0.3 is 12.0 Å². The number of hydrogen-bond donors (Lipinski definition) is 2.